The van der Waals surface area contributed by atoms with Crippen molar-refractivity contribution in [3.8, 4) is 0 Å². The van der Waals surface area contributed by atoms with Gasteiger partial charge in [0.15, 0.2) is 0 Å². The van der Waals surface area contributed by atoms with Crippen molar-refractivity contribution in [3.63, 3.8) is 0 Å². The molecule has 0 aliphatic carbocycles. The summed E-state index contributed by atoms with van der Waals surface area (Å²) in [6, 6.07) is -0.515. The zero-order valence-corrected chi connectivity index (χ0v) is 10.5. The molecule has 0 aliphatic heterocycles. The zero-order valence-electron chi connectivity index (χ0n) is 9.71. The van der Waals surface area contributed by atoms with Gasteiger partial charge in [-0.2, -0.15) is 0 Å². The van der Waals surface area contributed by atoms with Crippen molar-refractivity contribution in [2.24, 2.45) is 0 Å². The fourth-order valence-electron chi connectivity index (χ4n) is 1.20. The standard InChI is InChI=1S/C10H19ClN2O2/c1-5-13(6-2)10(15)8(4)12-9(14)7(3)11/h7-8H,5-6H2,1-4H3,(H,12,14). The molecule has 0 aromatic carbocycles. The maximum Gasteiger partial charge on any atom is 0.244 e. The van der Waals surface area contributed by atoms with E-state index in [4.69, 9.17) is 11.6 Å². The van der Waals surface area contributed by atoms with Crippen LogP contribution in [0.25, 0.3) is 0 Å². The van der Waals surface area contributed by atoms with Gasteiger partial charge in [0.25, 0.3) is 0 Å². The van der Waals surface area contributed by atoms with Gasteiger partial charge < -0.3 is 10.2 Å². The second-order valence-electron chi connectivity index (χ2n) is 3.36. The summed E-state index contributed by atoms with van der Waals surface area (Å²) in [4.78, 5) is 24.6. The van der Waals surface area contributed by atoms with Crippen LogP contribution in [0.2, 0.25) is 0 Å². The highest BCUT2D eigenvalue weighted by atomic mass is 35.5. The molecule has 0 radical (unpaired) electrons. The minimum atomic E-state index is -0.614. The first-order valence-corrected chi connectivity index (χ1v) is 5.60. The number of carbonyl (C=O) groups is 2. The number of amides is 2. The molecule has 2 unspecified atom stereocenters. The van der Waals surface area contributed by atoms with Crippen LogP contribution in [0, 0.1) is 0 Å². The maximum atomic E-state index is 11.7. The fraction of sp³-hybridized carbons (Fsp3) is 0.800. The molecular weight excluding hydrogens is 216 g/mol. The third-order valence-corrected chi connectivity index (χ3v) is 2.36. The number of nitrogens with one attached hydrogen (secondary N) is 1. The van der Waals surface area contributed by atoms with Crippen LogP contribution < -0.4 is 5.32 Å². The summed E-state index contributed by atoms with van der Waals surface area (Å²) in [5.74, 6) is -0.393. The van der Waals surface area contributed by atoms with Gasteiger partial charge in [-0.05, 0) is 27.7 Å². The Morgan fingerprint density at radius 3 is 2.07 bits per heavy atom. The highest BCUT2D eigenvalue weighted by molar-refractivity contribution is 6.30. The molecule has 0 spiro atoms. The topological polar surface area (TPSA) is 49.4 Å². The number of hydrogen-bond acceptors (Lipinski definition) is 2. The Labute approximate surface area is 96.0 Å². The van der Waals surface area contributed by atoms with E-state index in [1.165, 1.54) is 0 Å². The number of alkyl halides is 1. The summed E-state index contributed by atoms with van der Waals surface area (Å²) < 4.78 is 0. The van der Waals surface area contributed by atoms with Gasteiger partial charge in [-0.25, -0.2) is 0 Å². The molecule has 0 heterocycles. The lowest BCUT2D eigenvalue weighted by molar-refractivity contribution is -0.135. The summed E-state index contributed by atoms with van der Waals surface area (Å²) in [7, 11) is 0. The molecule has 4 nitrogen and oxygen atoms in total. The van der Waals surface area contributed by atoms with E-state index in [9.17, 15) is 9.59 Å². The lowest BCUT2D eigenvalue weighted by Crippen LogP contribution is -2.48. The molecule has 0 aromatic heterocycles. The van der Waals surface area contributed by atoms with Gasteiger partial charge in [-0.3, -0.25) is 9.59 Å². The lowest BCUT2D eigenvalue weighted by atomic mass is 10.2. The first-order valence-electron chi connectivity index (χ1n) is 5.17. The van der Waals surface area contributed by atoms with Crippen LogP contribution in [0.15, 0.2) is 0 Å². The van der Waals surface area contributed by atoms with Crippen molar-refractivity contribution in [1.82, 2.24) is 10.2 Å². The van der Waals surface area contributed by atoms with Gasteiger partial charge in [-0.15, -0.1) is 11.6 Å². The number of halogens is 1. The third kappa shape index (κ3) is 4.51. The molecule has 88 valence electrons. The van der Waals surface area contributed by atoms with E-state index >= 15 is 0 Å². The summed E-state index contributed by atoms with van der Waals surface area (Å²) in [5, 5.41) is 1.95. The average molecular weight is 235 g/mol. The maximum absolute atomic E-state index is 11.7. The molecule has 0 rings (SSSR count). The summed E-state index contributed by atoms with van der Waals surface area (Å²) in [6.45, 7) is 8.33. The van der Waals surface area contributed by atoms with Crippen LogP contribution in [-0.2, 0) is 9.59 Å². The van der Waals surface area contributed by atoms with Crippen LogP contribution in [0.4, 0.5) is 0 Å². The second kappa shape index (κ2) is 6.67. The molecular formula is C10H19ClN2O2. The predicted molar refractivity (Wildman–Crippen MR) is 60.8 cm³/mol. The van der Waals surface area contributed by atoms with Gasteiger partial charge in [0.2, 0.25) is 11.8 Å². The minimum Gasteiger partial charge on any atom is -0.343 e. The number of hydrogen-bond donors (Lipinski definition) is 1. The fourth-order valence-corrected chi connectivity index (χ4v) is 1.26. The van der Waals surface area contributed by atoms with Crippen LogP contribution in [-0.4, -0.2) is 41.2 Å². The Morgan fingerprint density at radius 2 is 1.73 bits per heavy atom. The quantitative estimate of drug-likeness (QED) is 0.722. The Balaban J connectivity index is 4.26. The van der Waals surface area contributed by atoms with E-state index in [1.807, 2.05) is 13.8 Å². The van der Waals surface area contributed by atoms with E-state index in [1.54, 1.807) is 18.7 Å². The second-order valence-corrected chi connectivity index (χ2v) is 4.01. The van der Waals surface area contributed by atoms with E-state index < -0.39 is 11.4 Å². The normalized spacial score (nSPS) is 14.2. The van der Waals surface area contributed by atoms with Crippen LogP contribution >= 0.6 is 11.6 Å². The number of likely N-dealkylation sites (N-methyl/N-ethyl adjacent to an activating group) is 1. The van der Waals surface area contributed by atoms with Crippen molar-refractivity contribution < 1.29 is 9.59 Å². The Morgan fingerprint density at radius 1 is 1.27 bits per heavy atom. The van der Waals surface area contributed by atoms with Crippen molar-refractivity contribution >= 4 is 23.4 Å². The van der Waals surface area contributed by atoms with Gasteiger partial charge in [0.1, 0.15) is 11.4 Å². The van der Waals surface area contributed by atoms with Crippen molar-refractivity contribution in [2.75, 3.05) is 13.1 Å². The van der Waals surface area contributed by atoms with Gasteiger partial charge in [0.05, 0.1) is 0 Å². The van der Waals surface area contributed by atoms with Crippen molar-refractivity contribution in [2.45, 2.75) is 39.1 Å². The highest BCUT2D eigenvalue weighted by Crippen LogP contribution is 1.98. The van der Waals surface area contributed by atoms with Gasteiger partial charge in [-0.1, -0.05) is 0 Å². The lowest BCUT2D eigenvalue weighted by Gasteiger charge is -2.23. The molecule has 0 aromatic rings. The molecule has 0 aliphatic rings. The average Bonchev–Trinajstić information content (AvgIpc) is 2.19. The smallest absolute Gasteiger partial charge is 0.244 e. The molecule has 0 bridgehead atoms. The first kappa shape index (κ1) is 14.2. The Bertz CT molecular complexity index is 227. The number of nitrogens with zero attached hydrogens (tertiary/aromatic N) is 1. The molecule has 0 fully saturated rings. The Hall–Kier alpha value is -0.770. The highest BCUT2D eigenvalue weighted by Gasteiger charge is 2.21. The van der Waals surface area contributed by atoms with E-state index in [0.29, 0.717) is 13.1 Å². The largest absolute Gasteiger partial charge is 0.343 e. The summed E-state index contributed by atoms with van der Waals surface area (Å²) >= 11 is 5.59. The third-order valence-electron chi connectivity index (χ3n) is 2.17. The Kier molecular flexibility index (Phi) is 6.32. The number of rotatable bonds is 5. The SMILES string of the molecule is CCN(CC)C(=O)C(C)NC(=O)C(C)Cl. The van der Waals surface area contributed by atoms with Crippen molar-refractivity contribution in [1.29, 1.82) is 0 Å². The van der Waals surface area contributed by atoms with Crippen molar-refractivity contribution in [3.05, 3.63) is 0 Å². The zero-order chi connectivity index (χ0) is 12.0. The predicted octanol–water partition coefficient (Wildman–Crippen LogP) is 0.987. The van der Waals surface area contributed by atoms with E-state index in [0.717, 1.165) is 0 Å². The monoisotopic (exact) mass is 234 g/mol. The number of carbonyl (C=O) groups excluding carboxylic acids is 2. The van der Waals surface area contributed by atoms with Crippen LogP contribution in [0.5, 0.6) is 0 Å². The molecule has 2 atom stereocenters. The van der Waals surface area contributed by atoms with E-state index in [2.05, 4.69) is 5.32 Å². The molecule has 15 heavy (non-hydrogen) atoms. The molecule has 0 saturated carbocycles. The van der Waals surface area contributed by atoms with Crippen LogP contribution in [0.3, 0.4) is 0 Å². The van der Waals surface area contributed by atoms with E-state index in [-0.39, 0.29) is 11.8 Å². The summed E-state index contributed by atoms with van der Waals surface area (Å²) in [6.07, 6.45) is 0. The van der Waals surface area contributed by atoms with Gasteiger partial charge >= 0.3 is 0 Å². The first-order chi connectivity index (χ1) is 6.93. The molecule has 2 amide bonds. The summed E-state index contributed by atoms with van der Waals surface area (Å²) in [5.41, 5.74) is 0. The molecule has 5 heteroatoms. The minimum absolute atomic E-state index is 0.0781. The molecule has 1 N–H and O–H groups in total. The molecule has 0 saturated heterocycles. The van der Waals surface area contributed by atoms with Gasteiger partial charge in [0, 0.05) is 13.1 Å². The van der Waals surface area contributed by atoms with Crippen LogP contribution in [0.1, 0.15) is 27.7 Å².